The maximum absolute atomic E-state index is 9.41. The zero-order chi connectivity index (χ0) is 16.4. The van der Waals surface area contributed by atoms with Gasteiger partial charge in [-0.2, -0.15) is 5.10 Å². The molecule has 0 aliphatic heterocycles. The summed E-state index contributed by atoms with van der Waals surface area (Å²) in [5, 5.41) is 18.2. The number of aliphatic hydroxyl groups excluding tert-OH is 1. The topological polar surface area (TPSA) is 75.9 Å². The van der Waals surface area contributed by atoms with Gasteiger partial charge in [0, 0.05) is 13.7 Å². The number of nitrogens with zero attached hydrogens (tertiary/aromatic N) is 4. The summed E-state index contributed by atoms with van der Waals surface area (Å²) in [5.74, 6) is 0.750. The van der Waals surface area contributed by atoms with E-state index >= 15 is 0 Å². The molecular weight excluding hydrogens is 290 g/mol. The maximum atomic E-state index is 9.41. The van der Waals surface area contributed by atoms with Crippen LogP contribution in [0.25, 0.3) is 11.0 Å². The fourth-order valence-corrected chi connectivity index (χ4v) is 2.80. The van der Waals surface area contributed by atoms with Crippen molar-refractivity contribution in [1.29, 1.82) is 0 Å². The van der Waals surface area contributed by atoms with Gasteiger partial charge in [-0.1, -0.05) is 29.8 Å². The summed E-state index contributed by atoms with van der Waals surface area (Å²) in [7, 11) is 1.87. The van der Waals surface area contributed by atoms with Gasteiger partial charge >= 0.3 is 0 Å². The summed E-state index contributed by atoms with van der Waals surface area (Å²) in [4.78, 5) is 8.69. The average Bonchev–Trinajstić information content (AvgIpc) is 2.83. The lowest BCUT2D eigenvalue weighted by Gasteiger charge is -2.19. The van der Waals surface area contributed by atoms with Crippen molar-refractivity contribution in [3.05, 3.63) is 47.4 Å². The first kappa shape index (κ1) is 15.4. The van der Waals surface area contributed by atoms with E-state index in [0.717, 1.165) is 28.1 Å². The van der Waals surface area contributed by atoms with Gasteiger partial charge in [0.2, 0.25) is 0 Å². The minimum atomic E-state index is -0.0155. The standard InChI is InChI=1S/C17H21N5O/c1-11-4-6-13(7-5-11)14(8-9-23)20-16-15-12(2)21-22(3)17(15)19-10-18-16/h4-7,10,14,23H,8-9H2,1-3H3,(H,18,19,20)/t14-/m1/s1. The molecule has 1 aromatic carbocycles. The number of hydrogen-bond donors (Lipinski definition) is 2. The Kier molecular flexibility index (Phi) is 4.25. The van der Waals surface area contributed by atoms with Crippen LogP contribution in [0, 0.1) is 13.8 Å². The lowest BCUT2D eigenvalue weighted by Crippen LogP contribution is -2.14. The third-order valence-electron chi connectivity index (χ3n) is 4.00. The summed E-state index contributed by atoms with van der Waals surface area (Å²) < 4.78 is 1.75. The molecule has 0 saturated heterocycles. The number of aliphatic hydroxyl groups is 1. The van der Waals surface area contributed by atoms with Gasteiger partial charge in [-0.25, -0.2) is 9.97 Å². The molecule has 120 valence electrons. The zero-order valence-corrected chi connectivity index (χ0v) is 13.6. The predicted molar refractivity (Wildman–Crippen MR) is 90.3 cm³/mol. The van der Waals surface area contributed by atoms with Crippen LogP contribution >= 0.6 is 0 Å². The van der Waals surface area contributed by atoms with Crippen molar-refractivity contribution in [1.82, 2.24) is 19.7 Å². The number of rotatable bonds is 5. The largest absolute Gasteiger partial charge is 0.396 e. The molecule has 0 aliphatic carbocycles. The Morgan fingerprint density at radius 2 is 1.91 bits per heavy atom. The molecule has 3 aromatic rings. The van der Waals surface area contributed by atoms with E-state index < -0.39 is 0 Å². The van der Waals surface area contributed by atoms with Crippen molar-refractivity contribution in [3.8, 4) is 0 Å². The molecule has 2 aromatic heterocycles. The molecule has 23 heavy (non-hydrogen) atoms. The Labute approximate surface area is 135 Å². The van der Waals surface area contributed by atoms with Crippen molar-refractivity contribution in [2.24, 2.45) is 7.05 Å². The second-order valence-corrected chi connectivity index (χ2v) is 5.75. The minimum Gasteiger partial charge on any atom is -0.396 e. The van der Waals surface area contributed by atoms with Gasteiger partial charge in [-0.3, -0.25) is 4.68 Å². The van der Waals surface area contributed by atoms with Crippen molar-refractivity contribution in [2.75, 3.05) is 11.9 Å². The summed E-state index contributed by atoms with van der Waals surface area (Å²) in [6.07, 6.45) is 2.14. The third-order valence-corrected chi connectivity index (χ3v) is 4.00. The monoisotopic (exact) mass is 311 g/mol. The quantitative estimate of drug-likeness (QED) is 0.757. The van der Waals surface area contributed by atoms with E-state index in [1.165, 1.54) is 11.9 Å². The van der Waals surface area contributed by atoms with E-state index in [-0.39, 0.29) is 12.6 Å². The van der Waals surface area contributed by atoms with Crippen LogP contribution in [0.5, 0.6) is 0 Å². The van der Waals surface area contributed by atoms with Gasteiger partial charge in [-0.15, -0.1) is 0 Å². The first-order valence-corrected chi connectivity index (χ1v) is 7.68. The van der Waals surface area contributed by atoms with Gasteiger partial charge < -0.3 is 10.4 Å². The molecule has 6 heteroatoms. The molecule has 0 aliphatic rings. The number of anilines is 1. The Bertz CT molecular complexity index is 810. The molecule has 2 N–H and O–H groups in total. The van der Waals surface area contributed by atoms with Gasteiger partial charge in [0.25, 0.3) is 0 Å². The second kappa shape index (κ2) is 6.34. The van der Waals surface area contributed by atoms with Crippen LogP contribution in [-0.4, -0.2) is 31.5 Å². The number of aromatic nitrogens is 4. The van der Waals surface area contributed by atoms with Crippen molar-refractivity contribution >= 4 is 16.9 Å². The van der Waals surface area contributed by atoms with Gasteiger partial charge in [0.1, 0.15) is 12.1 Å². The molecule has 1 atom stereocenters. The Morgan fingerprint density at radius 3 is 2.61 bits per heavy atom. The Morgan fingerprint density at radius 1 is 1.17 bits per heavy atom. The van der Waals surface area contributed by atoms with E-state index in [1.807, 2.05) is 14.0 Å². The van der Waals surface area contributed by atoms with Gasteiger partial charge in [-0.05, 0) is 25.8 Å². The van der Waals surface area contributed by atoms with E-state index in [9.17, 15) is 5.11 Å². The number of aryl methyl sites for hydroxylation is 3. The highest BCUT2D eigenvalue weighted by atomic mass is 16.3. The third kappa shape index (κ3) is 3.03. The molecule has 0 spiro atoms. The first-order valence-electron chi connectivity index (χ1n) is 7.68. The van der Waals surface area contributed by atoms with E-state index in [1.54, 1.807) is 4.68 Å². The lowest BCUT2D eigenvalue weighted by molar-refractivity contribution is 0.280. The predicted octanol–water partition coefficient (Wildman–Crippen LogP) is 2.52. The van der Waals surface area contributed by atoms with Crippen molar-refractivity contribution < 1.29 is 5.11 Å². The molecule has 0 bridgehead atoms. The highest BCUT2D eigenvalue weighted by Crippen LogP contribution is 2.27. The fraction of sp³-hybridized carbons (Fsp3) is 0.353. The number of fused-ring (bicyclic) bond motifs is 1. The summed E-state index contributed by atoms with van der Waals surface area (Å²) >= 11 is 0. The maximum Gasteiger partial charge on any atom is 0.163 e. The van der Waals surface area contributed by atoms with Crippen molar-refractivity contribution in [2.45, 2.75) is 26.3 Å². The van der Waals surface area contributed by atoms with E-state index in [2.05, 4.69) is 51.6 Å². The summed E-state index contributed by atoms with van der Waals surface area (Å²) in [6.45, 7) is 4.11. The zero-order valence-electron chi connectivity index (χ0n) is 13.6. The van der Waals surface area contributed by atoms with Crippen molar-refractivity contribution in [3.63, 3.8) is 0 Å². The van der Waals surface area contributed by atoms with Crippen LogP contribution in [0.3, 0.4) is 0 Å². The highest BCUT2D eigenvalue weighted by Gasteiger charge is 2.17. The van der Waals surface area contributed by atoms with E-state index in [0.29, 0.717) is 6.42 Å². The van der Waals surface area contributed by atoms with Crippen LogP contribution in [0.4, 0.5) is 5.82 Å². The van der Waals surface area contributed by atoms with Crippen LogP contribution in [0.15, 0.2) is 30.6 Å². The highest BCUT2D eigenvalue weighted by molar-refractivity contribution is 5.89. The fourth-order valence-electron chi connectivity index (χ4n) is 2.80. The van der Waals surface area contributed by atoms with E-state index in [4.69, 9.17) is 0 Å². The van der Waals surface area contributed by atoms with Crippen LogP contribution < -0.4 is 5.32 Å². The molecule has 0 saturated carbocycles. The second-order valence-electron chi connectivity index (χ2n) is 5.75. The summed E-state index contributed by atoms with van der Waals surface area (Å²) in [6, 6.07) is 8.30. The molecule has 2 heterocycles. The van der Waals surface area contributed by atoms with Gasteiger partial charge in [0.15, 0.2) is 5.65 Å². The normalized spacial score (nSPS) is 12.5. The van der Waals surface area contributed by atoms with Crippen LogP contribution in [0.2, 0.25) is 0 Å². The molecule has 0 amide bonds. The smallest absolute Gasteiger partial charge is 0.163 e. The average molecular weight is 311 g/mol. The Balaban J connectivity index is 1.99. The first-order chi connectivity index (χ1) is 11.1. The molecule has 3 rings (SSSR count). The molecule has 0 radical (unpaired) electrons. The molecule has 6 nitrogen and oxygen atoms in total. The van der Waals surface area contributed by atoms with Crippen LogP contribution in [-0.2, 0) is 7.05 Å². The minimum absolute atomic E-state index is 0.0155. The SMILES string of the molecule is Cc1ccc([C@@H](CCO)Nc2ncnc3c2c(C)nn3C)cc1. The van der Waals surface area contributed by atoms with Gasteiger partial charge in [0.05, 0.1) is 17.1 Å². The Hall–Kier alpha value is -2.47. The number of nitrogens with one attached hydrogen (secondary N) is 1. The molecule has 0 fully saturated rings. The lowest BCUT2D eigenvalue weighted by atomic mass is 10.0. The van der Waals surface area contributed by atoms with Crippen LogP contribution in [0.1, 0.15) is 29.3 Å². The molecule has 0 unspecified atom stereocenters. The number of hydrogen-bond acceptors (Lipinski definition) is 5. The number of benzene rings is 1. The molecular formula is C17H21N5O. The summed E-state index contributed by atoms with van der Waals surface area (Å²) in [5.41, 5.74) is 4.02.